The third-order valence-corrected chi connectivity index (χ3v) is 4.88. The molecule has 19 heavy (non-hydrogen) atoms. The van der Waals surface area contributed by atoms with Crippen LogP contribution in [0.3, 0.4) is 0 Å². The molecule has 0 unspecified atom stereocenters. The van der Waals surface area contributed by atoms with Crippen molar-refractivity contribution in [2.75, 3.05) is 26.3 Å². The van der Waals surface area contributed by atoms with E-state index in [4.69, 9.17) is 40.2 Å². The molecule has 0 radical (unpaired) electrons. The smallest absolute Gasteiger partial charge is 0.152 e. The van der Waals surface area contributed by atoms with E-state index in [0.717, 1.165) is 36.2 Å². The number of rotatable bonds is 2. The zero-order valence-electron chi connectivity index (χ0n) is 10.1. The lowest BCUT2D eigenvalue weighted by Crippen LogP contribution is -2.38. The van der Waals surface area contributed by atoms with Gasteiger partial charge in [-0.15, -0.1) is 0 Å². The predicted molar refractivity (Wildman–Crippen MR) is 84.4 cm³/mol. The van der Waals surface area contributed by atoms with Crippen LogP contribution in [0.15, 0.2) is 12.1 Å². The van der Waals surface area contributed by atoms with Crippen LogP contribution in [-0.4, -0.2) is 40.6 Å². The van der Waals surface area contributed by atoms with Crippen LogP contribution in [0.2, 0.25) is 10.0 Å². The van der Waals surface area contributed by atoms with Crippen LogP contribution in [0, 0.1) is 0 Å². The number of ether oxygens (including phenoxy) is 1. The lowest BCUT2D eigenvalue weighted by Gasteiger charge is -2.28. The first-order valence-corrected chi connectivity index (χ1v) is 7.89. The van der Waals surface area contributed by atoms with Crippen molar-refractivity contribution >= 4 is 51.5 Å². The Morgan fingerprint density at radius 3 is 2.47 bits per heavy atom. The Kier molecular flexibility index (Phi) is 5.59. The zero-order chi connectivity index (χ0) is 13.8. The topological polar surface area (TPSA) is 32.7 Å². The molecule has 2 rings (SSSR count). The Morgan fingerprint density at radius 1 is 1.32 bits per heavy atom. The van der Waals surface area contributed by atoms with Crippen LogP contribution >= 0.6 is 47.2 Å². The normalized spacial score (nSPS) is 15.6. The minimum atomic E-state index is -0.0761. The number of benzene rings is 1. The SMILES string of the molecule is Oc1c(Cl)cc(CSC(=S)N2CCOCC2)cc1Cl. The second kappa shape index (κ2) is 6.99. The number of nitrogens with zero attached hydrogens (tertiary/aromatic N) is 1. The highest BCUT2D eigenvalue weighted by molar-refractivity contribution is 8.22. The Balaban J connectivity index is 1.93. The molecular formula is C12H13Cl2NO2S2. The molecule has 1 aromatic carbocycles. The number of aromatic hydroxyl groups is 1. The highest BCUT2D eigenvalue weighted by Crippen LogP contribution is 2.34. The summed E-state index contributed by atoms with van der Waals surface area (Å²) >= 11 is 18.7. The van der Waals surface area contributed by atoms with Gasteiger partial charge in [-0.3, -0.25) is 0 Å². The van der Waals surface area contributed by atoms with Gasteiger partial charge in [0.05, 0.1) is 23.3 Å². The minimum absolute atomic E-state index is 0.0761. The Hall–Kier alpha value is -0.200. The Bertz CT molecular complexity index is 456. The van der Waals surface area contributed by atoms with Gasteiger partial charge in [-0.25, -0.2) is 0 Å². The molecule has 0 spiro atoms. The molecular weight excluding hydrogens is 325 g/mol. The standard InChI is InChI=1S/C12H13Cl2NO2S2/c13-9-5-8(6-10(14)11(9)16)7-19-12(18)15-1-3-17-4-2-15/h5-6,16H,1-4,7H2. The zero-order valence-corrected chi connectivity index (χ0v) is 13.2. The summed E-state index contributed by atoms with van der Waals surface area (Å²) in [5.41, 5.74) is 0.938. The summed E-state index contributed by atoms with van der Waals surface area (Å²) in [4.78, 5) is 2.13. The Morgan fingerprint density at radius 2 is 1.89 bits per heavy atom. The summed E-state index contributed by atoms with van der Waals surface area (Å²) in [6, 6.07) is 3.41. The molecule has 1 saturated heterocycles. The van der Waals surface area contributed by atoms with Crippen molar-refractivity contribution in [2.45, 2.75) is 5.75 Å². The molecule has 0 bridgehead atoms. The number of hydrogen-bond acceptors (Lipinski definition) is 4. The molecule has 0 atom stereocenters. The van der Waals surface area contributed by atoms with E-state index in [1.807, 2.05) is 0 Å². The lowest BCUT2D eigenvalue weighted by molar-refractivity contribution is 0.0702. The monoisotopic (exact) mass is 337 g/mol. The molecule has 0 aromatic heterocycles. The quantitative estimate of drug-likeness (QED) is 0.834. The Labute approximate surface area is 131 Å². The maximum absolute atomic E-state index is 9.49. The van der Waals surface area contributed by atoms with Crippen LogP contribution < -0.4 is 0 Å². The van der Waals surface area contributed by atoms with Crippen LogP contribution in [0.4, 0.5) is 0 Å². The molecule has 1 heterocycles. The van der Waals surface area contributed by atoms with Gasteiger partial charge in [-0.2, -0.15) is 0 Å². The lowest BCUT2D eigenvalue weighted by atomic mass is 10.2. The second-order valence-corrected chi connectivity index (χ2v) is 6.49. The number of phenols is 1. The van der Waals surface area contributed by atoms with Crippen LogP contribution in [-0.2, 0) is 10.5 Å². The summed E-state index contributed by atoms with van der Waals surface area (Å²) < 4.78 is 6.13. The molecule has 1 N–H and O–H groups in total. The fraction of sp³-hybridized carbons (Fsp3) is 0.417. The van der Waals surface area contributed by atoms with Gasteiger partial charge in [0.25, 0.3) is 0 Å². The molecule has 104 valence electrons. The van der Waals surface area contributed by atoms with E-state index < -0.39 is 0 Å². The molecule has 1 aliphatic heterocycles. The van der Waals surface area contributed by atoms with E-state index in [0.29, 0.717) is 5.75 Å². The number of hydrogen-bond donors (Lipinski definition) is 1. The van der Waals surface area contributed by atoms with Crippen molar-refractivity contribution in [2.24, 2.45) is 0 Å². The largest absolute Gasteiger partial charge is 0.505 e. The molecule has 0 saturated carbocycles. The van der Waals surface area contributed by atoms with Gasteiger partial charge < -0.3 is 14.7 Å². The van der Waals surface area contributed by atoms with Crippen molar-refractivity contribution in [1.82, 2.24) is 4.90 Å². The van der Waals surface area contributed by atoms with E-state index in [9.17, 15) is 5.11 Å². The van der Waals surface area contributed by atoms with E-state index in [1.165, 1.54) is 0 Å². The highest BCUT2D eigenvalue weighted by Gasteiger charge is 2.14. The molecule has 1 fully saturated rings. The number of thioether (sulfide) groups is 1. The molecule has 1 aromatic rings. The van der Waals surface area contributed by atoms with Gasteiger partial charge in [0.15, 0.2) is 5.75 Å². The third-order valence-electron chi connectivity index (χ3n) is 2.71. The summed E-state index contributed by atoms with van der Waals surface area (Å²) in [6.45, 7) is 3.11. The molecule has 7 heteroatoms. The second-order valence-electron chi connectivity index (χ2n) is 4.06. The average molecular weight is 338 g/mol. The predicted octanol–water partition coefficient (Wildman–Crippen LogP) is 3.55. The van der Waals surface area contributed by atoms with Gasteiger partial charge in [-0.1, -0.05) is 47.2 Å². The van der Waals surface area contributed by atoms with Crippen molar-refractivity contribution in [3.05, 3.63) is 27.7 Å². The third kappa shape index (κ3) is 4.13. The van der Waals surface area contributed by atoms with E-state index >= 15 is 0 Å². The first-order chi connectivity index (χ1) is 9.08. The van der Waals surface area contributed by atoms with Crippen molar-refractivity contribution < 1.29 is 9.84 Å². The summed E-state index contributed by atoms with van der Waals surface area (Å²) in [6.07, 6.45) is 0. The number of halogens is 2. The van der Waals surface area contributed by atoms with Gasteiger partial charge in [0, 0.05) is 18.8 Å². The maximum atomic E-state index is 9.49. The first-order valence-electron chi connectivity index (χ1n) is 5.74. The maximum Gasteiger partial charge on any atom is 0.152 e. The fourth-order valence-corrected chi connectivity index (χ4v) is 3.40. The van der Waals surface area contributed by atoms with Gasteiger partial charge in [0.1, 0.15) is 4.32 Å². The number of phenolic OH excluding ortho intramolecular Hbond substituents is 1. The molecule has 3 nitrogen and oxygen atoms in total. The average Bonchev–Trinajstić information content (AvgIpc) is 2.43. The van der Waals surface area contributed by atoms with E-state index in [2.05, 4.69) is 4.90 Å². The first kappa shape index (κ1) is 15.2. The van der Waals surface area contributed by atoms with Crippen LogP contribution in [0.5, 0.6) is 5.75 Å². The van der Waals surface area contributed by atoms with Gasteiger partial charge in [-0.05, 0) is 17.7 Å². The summed E-state index contributed by atoms with van der Waals surface area (Å²) in [5.74, 6) is 0.600. The van der Waals surface area contributed by atoms with Crippen molar-refractivity contribution in [1.29, 1.82) is 0 Å². The fourth-order valence-electron chi connectivity index (χ4n) is 1.68. The van der Waals surface area contributed by atoms with Crippen molar-refractivity contribution in [3.63, 3.8) is 0 Å². The van der Waals surface area contributed by atoms with E-state index in [-0.39, 0.29) is 15.8 Å². The highest BCUT2D eigenvalue weighted by atomic mass is 35.5. The summed E-state index contributed by atoms with van der Waals surface area (Å²) in [5, 5.41) is 10.0. The van der Waals surface area contributed by atoms with Crippen molar-refractivity contribution in [3.8, 4) is 5.75 Å². The number of morpholine rings is 1. The minimum Gasteiger partial charge on any atom is -0.505 e. The number of thiocarbonyl (C=S) groups is 1. The van der Waals surface area contributed by atoms with Gasteiger partial charge >= 0.3 is 0 Å². The van der Waals surface area contributed by atoms with Gasteiger partial charge in [0.2, 0.25) is 0 Å². The molecule has 0 amide bonds. The summed E-state index contributed by atoms with van der Waals surface area (Å²) in [7, 11) is 0. The van der Waals surface area contributed by atoms with Crippen LogP contribution in [0.1, 0.15) is 5.56 Å². The van der Waals surface area contributed by atoms with E-state index in [1.54, 1.807) is 23.9 Å². The van der Waals surface area contributed by atoms with Crippen LogP contribution in [0.25, 0.3) is 0 Å². The molecule has 1 aliphatic rings. The molecule has 0 aliphatic carbocycles.